The van der Waals surface area contributed by atoms with E-state index in [4.69, 9.17) is 11.2 Å². The van der Waals surface area contributed by atoms with Crippen LogP contribution in [0.4, 0.5) is 0 Å². The molecule has 96 valence electrons. The Bertz CT molecular complexity index is 395. The molecule has 1 unspecified atom stereocenters. The molecule has 1 aromatic rings. The van der Waals surface area contributed by atoms with Crippen molar-refractivity contribution in [1.82, 2.24) is 5.32 Å². The molecule has 0 aliphatic heterocycles. The molecule has 0 aliphatic rings. The number of ether oxygens (including phenoxy) is 1. The van der Waals surface area contributed by atoms with Crippen LogP contribution in [-0.2, 0) is 9.53 Å². The predicted octanol–water partition coefficient (Wildman–Crippen LogP) is 2.29. The number of benzene rings is 1. The second-order valence-electron chi connectivity index (χ2n) is 3.98. The van der Waals surface area contributed by atoms with Gasteiger partial charge in [-0.1, -0.05) is 30.3 Å². The fourth-order valence-corrected chi connectivity index (χ4v) is 1.68. The van der Waals surface area contributed by atoms with Gasteiger partial charge >= 0.3 is 0 Å². The fraction of sp³-hybridized carbons (Fsp3) is 0.400. The summed E-state index contributed by atoms with van der Waals surface area (Å²) < 4.78 is 5.23. The maximum atomic E-state index is 11.9. The number of methoxy groups -OCH3 is 1. The van der Waals surface area contributed by atoms with Gasteiger partial charge < -0.3 is 10.1 Å². The lowest BCUT2D eigenvalue weighted by molar-refractivity contribution is -0.131. The van der Waals surface area contributed by atoms with Crippen molar-refractivity contribution in [1.29, 1.82) is 0 Å². The SMILES string of the molecule is C#CCCCCNC(=O)C(OC)c1ccccc1. The number of hydrogen-bond acceptors (Lipinski definition) is 2. The third-order valence-electron chi connectivity index (χ3n) is 2.62. The Morgan fingerprint density at radius 2 is 2.11 bits per heavy atom. The van der Waals surface area contributed by atoms with Gasteiger partial charge in [-0.2, -0.15) is 0 Å². The lowest BCUT2D eigenvalue weighted by Gasteiger charge is -2.15. The monoisotopic (exact) mass is 245 g/mol. The molecule has 0 radical (unpaired) electrons. The van der Waals surface area contributed by atoms with Crippen molar-refractivity contribution in [2.45, 2.75) is 25.4 Å². The van der Waals surface area contributed by atoms with E-state index < -0.39 is 6.10 Å². The van der Waals surface area contributed by atoms with Crippen LogP contribution in [0.1, 0.15) is 30.9 Å². The van der Waals surface area contributed by atoms with Gasteiger partial charge in [0.1, 0.15) is 0 Å². The van der Waals surface area contributed by atoms with Crippen LogP contribution in [0.25, 0.3) is 0 Å². The van der Waals surface area contributed by atoms with Crippen molar-refractivity contribution in [2.24, 2.45) is 0 Å². The van der Waals surface area contributed by atoms with E-state index in [9.17, 15) is 4.79 Å². The summed E-state index contributed by atoms with van der Waals surface area (Å²) in [7, 11) is 1.54. The standard InChI is InChI=1S/C15H19NO2/c1-3-4-5-9-12-16-15(17)14(18-2)13-10-7-6-8-11-13/h1,6-8,10-11,14H,4-5,9,12H2,2H3,(H,16,17). The minimum atomic E-state index is -0.543. The van der Waals surface area contributed by atoms with Crippen LogP contribution < -0.4 is 5.32 Å². The third-order valence-corrected chi connectivity index (χ3v) is 2.62. The van der Waals surface area contributed by atoms with E-state index in [-0.39, 0.29) is 5.91 Å². The van der Waals surface area contributed by atoms with E-state index >= 15 is 0 Å². The van der Waals surface area contributed by atoms with Crippen LogP contribution in [0.2, 0.25) is 0 Å². The fourth-order valence-electron chi connectivity index (χ4n) is 1.68. The van der Waals surface area contributed by atoms with Crippen LogP contribution in [-0.4, -0.2) is 19.6 Å². The number of hydrogen-bond donors (Lipinski definition) is 1. The van der Waals surface area contributed by atoms with Gasteiger partial charge in [-0.3, -0.25) is 4.79 Å². The summed E-state index contributed by atoms with van der Waals surface area (Å²) in [6.07, 6.45) is 7.19. The number of carbonyl (C=O) groups excluding carboxylic acids is 1. The summed E-state index contributed by atoms with van der Waals surface area (Å²) in [6.45, 7) is 0.632. The Kier molecular flexibility index (Phi) is 6.60. The first-order valence-electron chi connectivity index (χ1n) is 6.08. The summed E-state index contributed by atoms with van der Waals surface area (Å²) in [4.78, 5) is 11.9. The predicted molar refractivity (Wildman–Crippen MR) is 71.9 cm³/mol. The van der Waals surface area contributed by atoms with Gasteiger partial charge in [-0.25, -0.2) is 0 Å². The maximum absolute atomic E-state index is 11.9. The second kappa shape index (κ2) is 8.32. The molecule has 1 amide bonds. The highest BCUT2D eigenvalue weighted by molar-refractivity contribution is 5.82. The van der Waals surface area contributed by atoms with Crippen LogP contribution in [0.3, 0.4) is 0 Å². The lowest BCUT2D eigenvalue weighted by Crippen LogP contribution is -2.31. The van der Waals surface area contributed by atoms with Crippen LogP contribution >= 0.6 is 0 Å². The van der Waals surface area contributed by atoms with E-state index in [2.05, 4.69) is 11.2 Å². The summed E-state index contributed by atoms with van der Waals surface area (Å²) in [5, 5.41) is 2.86. The number of terminal acetylenes is 1. The number of amides is 1. The highest BCUT2D eigenvalue weighted by Gasteiger charge is 2.18. The average Bonchev–Trinajstić information content (AvgIpc) is 2.40. The summed E-state index contributed by atoms with van der Waals surface area (Å²) in [6, 6.07) is 9.45. The average molecular weight is 245 g/mol. The van der Waals surface area contributed by atoms with E-state index in [1.54, 1.807) is 0 Å². The van der Waals surface area contributed by atoms with Gasteiger partial charge in [-0.05, 0) is 18.4 Å². The van der Waals surface area contributed by atoms with E-state index in [1.165, 1.54) is 7.11 Å². The molecule has 0 spiro atoms. The number of carbonyl (C=O) groups is 1. The van der Waals surface area contributed by atoms with Crippen molar-refractivity contribution < 1.29 is 9.53 Å². The van der Waals surface area contributed by atoms with Gasteiger partial charge in [-0.15, -0.1) is 12.3 Å². The minimum absolute atomic E-state index is 0.107. The molecule has 1 rings (SSSR count). The molecule has 0 aromatic heterocycles. The summed E-state index contributed by atoms with van der Waals surface area (Å²) in [5.41, 5.74) is 0.862. The van der Waals surface area contributed by atoms with Crippen LogP contribution in [0.5, 0.6) is 0 Å². The Morgan fingerprint density at radius 1 is 1.39 bits per heavy atom. The first kappa shape index (κ1) is 14.3. The molecule has 1 N–H and O–H groups in total. The second-order valence-corrected chi connectivity index (χ2v) is 3.98. The number of nitrogens with one attached hydrogen (secondary N) is 1. The molecular weight excluding hydrogens is 226 g/mol. The highest BCUT2D eigenvalue weighted by Crippen LogP contribution is 2.15. The molecule has 0 saturated carbocycles. The van der Waals surface area contributed by atoms with Gasteiger partial charge in [0.2, 0.25) is 0 Å². The number of unbranched alkanes of at least 4 members (excludes halogenated alkanes) is 2. The molecule has 0 saturated heterocycles. The van der Waals surface area contributed by atoms with Crippen LogP contribution in [0, 0.1) is 12.3 Å². The first-order valence-corrected chi connectivity index (χ1v) is 6.08. The zero-order chi connectivity index (χ0) is 13.2. The molecule has 0 bridgehead atoms. The maximum Gasteiger partial charge on any atom is 0.253 e. The third kappa shape index (κ3) is 4.60. The van der Waals surface area contributed by atoms with Gasteiger partial charge in [0, 0.05) is 20.1 Å². The number of rotatable bonds is 7. The summed E-state index contributed by atoms with van der Waals surface area (Å²) in [5.74, 6) is 2.47. The Labute approximate surface area is 109 Å². The Morgan fingerprint density at radius 3 is 2.72 bits per heavy atom. The Hall–Kier alpha value is -1.79. The van der Waals surface area contributed by atoms with Crippen molar-refractivity contribution in [3.63, 3.8) is 0 Å². The van der Waals surface area contributed by atoms with Crippen molar-refractivity contribution in [3.8, 4) is 12.3 Å². The Balaban J connectivity index is 2.42. The quantitative estimate of drug-likeness (QED) is 0.591. The van der Waals surface area contributed by atoms with Crippen molar-refractivity contribution in [3.05, 3.63) is 35.9 Å². The first-order chi connectivity index (χ1) is 8.79. The smallest absolute Gasteiger partial charge is 0.253 e. The molecule has 0 aliphatic carbocycles. The van der Waals surface area contributed by atoms with E-state index in [0.717, 1.165) is 24.8 Å². The molecule has 1 atom stereocenters. The zero-order valence-electron chi connectivity index (χ0n) is 10.7. The zero-order valence-corrected chi connectivity index (χ0v) is 10.7. The lowest BCUT2D eigenvalue weighted by atomic mass is 10.1. The van der Waals surface area contributed by atoms with E-state index in [1.807, 2.05) is 30.3 Å². The van der Waals surface area contributed by atoms with Gasteiger partial charge in [0.25, 0.3) is 5.91 Å². The van der Waals surface area contributed by atoms with Gasteiger partial charge in [0.05, 0.1) is 0 Å². The molecule has 18 heavy (non-hydrogen) atoms. The molecule has 1 aromatic carbocycles. The molecule has 0 fully saturated rings. The molecular formula is C15H19NO2. The highest BCUT2D eigenvalue weighted by atomic mass is 16.5. The molecule has 0 heterocycles. The minimum Gasteiger partial charge on any atom is -0.367 e. The van der Waals surface area contributed by atoms with Crippen molar-refractivity contribution >= 4 is 5.91 Å². The van der Waals surface area contributed by atoms with E-state index in [0.29, 0.717) is 6.54 Å². The van der Waals surface area contributed by atoms with Gasteiger partial charge in [0.15, 0.2) is 6.10 Å². The van der Waals surface area contributed by atoms with Crippen molar-refractivity contribution in [2.75, 3.05) is 13.7 Å². The summed E-state index contributed by atoms with van der Waals surface area (Å²) >= 11 is 0. The molecule has 3 nitrogen and oxygen atoms in total. The van der Waals surface area contributed by atoms with Crippen LogP contribution in [0.15, 0.2) is 30.3 Å². The normalized spacial score (nSPS) is 11.6. The molecule has 3 heteroatoms. The largest absolute Gasteiger partial charge is 0.367 e. The topological polar surface area (TPSA) is 38.3 Å².